The molecule has 0 aromatic heterocycles. The Hall–Kier alpha value is -3.72. The van der Waals surface area contributed by atoms with Gasteiger partial charge >= 0.3 is 0 Å². The first-order valence-electron chi connectivity index (χ1n) is 10.2. The van der Waals surface area contributed by atoms with E-state index in [-0.39, 0.29) is 10.7 Å². The molecule has 3 aromatic rings. The van der Waals surface area contributed by atoms with Crippen molar-refractivity contribution >= 4 is 27.8 Å². The maximum Gasteiger partial charge on any atom is 0.264 e. The van der Waals surface area contributed by atoms with Crippen LogP contribution in [0, 0.1) is 12.7 Å². The van der Waals surface area contributed by atoms with Crippen molar-refractivity contribution in [3.63, 3.8) is 0 Å². The summed E-state index contributed by atoms with van der Waals surface area (Å²) in [6.07, 6.45) is 1.34. The van der Waals surface area contributed by atoms with Gasteiger partial charge in [-0.25, -0.2) is 18.2 Å². The maximum absolute atomic E-state index is 13.4. The minimum absolute atomic E-state index is 0.0598. The number of halogens is 1. The first-order chi connectivity index (χ1) is 15.8. The molecule has 0 saturated carbocycles. The fraction of sp³-hybridized carbons (Fsp3) is 0.167. The third kappa shape index (κ3) is 6.39. The minimum Gasteiger partial charge on any atom is -0.494 e. The van der Waals surface area contributed by atoms with Crippen LogP contribution in [0.15, 0.2) is 82.8 Å². The van der Waals surface area contributed by atoms with E-state index in [9.17, 15) is 17.6 Å². The monoisotopic (exact) mass is 469 g/mol. The summed E-state index contributed by atoms with van der Waals surface area (Å²) >= 11 is 0. The van der Waals surface area contributed by atoms with Gasteiger partial charge in [0.1, 0.15) is 18.1 Å². The van der Waals surface area contributed by atoms with Crippen molar-refractivity contribution in [3.8, 4) is 5.75 Å². The molecule has 3 rings (SSSR count). The van der Waals surface area contributed by atoms with Gasteiger partial charge in [-0.3, -0.25) is 9.10 Å². The standard InChI is InChI=1S/C24H24FN3O4S/c1-3-32-22-12-10-21(11-13-22)28(33(30,31)23-14-4-18(2)5-15-23)17-24(29)27-26-16-19-6-8-20(25)9-7-19/h4-16H,3,17H2,1-2H3,(H,27,29)/b26-16-. The van der Waals surface area contributed by atoms with E-state index >= 15 is 0 Å². The molecular formula is C24H24FN3O4S. The largest absolute Gasteiger partial charge is 0.494 e. The van der Waals surface area contributed by atoms with E-state index in [4.69, 9.17) is 4.74 Å². The van der Waals surface area contributed by atoms with Crippen LogP contribution in [0.1, 0.15) is 18.1 Å². The van der Waals surface area contributed by atoms with Crippen molar-refractivity contribution < 1.29 is 22.3 Å². The van der Waals surface area contributed by atoms with Crippen LogP contribution in [0.2, 0.25) is 0 Å². The molecule has 0 aliphatic heterocycles. The highest BCUT2D eigenvalue weighted by Gasteiger charge is 2.27. The predicted molar refractivity (Wildman–Crippen MR) is 125 cm³/mol. The van der Waals surface area contributed by atoms with E-state index in [0.717, 1.165) is 9.87 Å². The number of hydrogen-bond donors (Lipinski definition) is 1. The third-order valence-corrected chi connectivity index (χ3v) is 6.39. The average molecular weight is 470 g/mol. The molecule has 172 valence electrons. The Kier molecular flexibility index (Phi) is 7.78. The molecule has 0 fully saturated rings. The summed E-state index contributed by atoms with van der Waals surface area (Å²) in [6.45, 7) is 3.68. The van der Waals surface area contributed by atoms with Gasteiger partial charge in [0.05, 0.1) is 23.4 Å². The second kappa shape index (κ2) is 10.7. The number of anilines is 1. The first kappa shape index (κ1) is 23.9. The molecular weight excluding hydrogens is 445 g/mol. The summed E-state index contributed by atoms with van der Waals surface area (Å²) in [6, 6.07) is 18.3. The highest BCUT2D eigenvalue weighted by molar-refractivity contribution is 7.92. The lowest BCUT2D eigenvalue weighted by molar-refractivity contribution is -0.119. The Morgan fingerprint density at radius 3 is 2.27 bits per heavy atom. The van der Waals surface area contributed by atoms with Crippen LogP contribution in [0.5, 0.6) is 5.75 Å². The van der Waals surface area contributed by atoms with Gasteiger partial charge in [0.25, 0.3) is 15.9 Å². The molecule has 7 nitrogen and oxygen atoms in total. The molecule has 33 heavy (non-hydrogen) atoms. The number of carbonyl (C=O) groups is 1. The Balaban J connectivity index is 1.83. The summed E-state index contributed by atoms with van der Waals surface area (Å²) in [5.74, 6) is -0.441. The van der Waals surface area contributed by atoms with Crippen LogP contribution in [0.25, 0.3) is 0 Å². The minimum atomic E-state index is -4.03. The van der Waals surface area contributed by atoms with Gasteiger partial charge in [-0.1, -0.05) is 29.8 Å². The number of nitrogens with zero attached hydrogens (tertiary/aromatic N) is 2. The third-order valence-electron chi connectivity index (χ3n) is 4.60. The number of aryl methyl sites for hydroxylation is 1. The maximum atomic E-state index is 13.4. The van der Waals surface area contributed by atoms with Gasteiger partial charge in [-0.05, 0) is 67.9 Å². The average Bonchev–Trinajstić information content (AvgIpc) is 2.80. The van der Waals surface area contributed by atoms with Crippen molar-refractivity contribution in [3.05, 3.63) is 89.7 Å². The highest BCUT2D eigenvalue weighted by atomic mass is 32.2. The molecule has 0 unspecified atom stereocenters. The molecule has 0 aliphatic rings. The number of amides is 1. The Morgan fingerprint density at radius 2 is 1.67 bits per heavy atom. The zero-order valence-electron chi connectivity index (χ0n) is 18.2. The van der Waals surface area contributed by atoms with Gasteiger partial charge in [0.15, 0.2) is 0 Å². The summed E-state index contributed by atoms with van der Waals surface area (Å²) < 4.78 is 46.1. The highest BCUT2D eigenvalue weighted by Crippen LogP contribution is 2.26. The SMILES string of the molecule is CCOc1ccc(N(CC(=O)N/N=C\c2ccc(F)cc2)S(=O)(=O)c2ccc(C)cc2)cc1. The molecule has 1 N–H and O–H groups in total. The summed E-state index contributed by atoms with van der Waals surface area (Å²) in [4.78, 5) is 12.6. The number of hydrazone groups is 1. The second-order valence-corrected chi connectivity index (χ2v) is 8.96. The number of hydrogen-bond acceptors (Lipinski definition) is 5. The Bertz CT molecular complexity index is 1210. The van der Waals surface area contributed by atoms with Gasteiger partial charge in [-0.2, -0.15) is 5.10 Å². The van der Waals surface area contributed by atoms with Crippen molar-refractivity contribution in [1.29, 1.82) is 0 Å². The van der Waals surface area contributed by atoms with Crippen molar-refractivity contribution in [2.75, 3.05) is 17.5 Å². The number of carbonyl (C=O) groups excluding carboxylic acids is 1. The fourth-order valence-corrected chi connectivity index (χ4v) is 4.34. The summed E-state index contributed by atoms with van der Waals surface area (Å²) in [7, 11) is -4.03. The number of sulfonamides is 1. The van der Waals surface area contributed by atoms with Gasteiger partial charge in [0.2, 0.25) is 0 Å². The van der Waals surface area contributed by atoms with E-state index < -0.39 is 22.5 Å². The van der Waals surface area contributed by atoms with Crippen LogP contribution >= 0.6 is 0 Å². The van der Waals surface area contributed by atoms with E-state index in [0.29, 0.717) is 23.6 Å². The van der Waals surface area contributed by atoms with Crippen molar-refractivity contribution in [1.82, 2.24) is 5.43 Å². The molecule has 0 atom stereocenters. The van der Waals surface area contributed by atoms with Crippen LogP contribution < -0.4 is 14.5 Å². The van der Waals surface area contributed by atoms with Crippen LogP contribution in [-0.2, 0) is 14.8 Å². The lowest BCUT2D eigenvalue weighted by Gasteiger charge is -2.24. The van der Waals surface area contributed by atoms with Crippen molar-refractivity contribution in [2.24, 2.45) is 5.10 Å². The molecule has 0 aliphatic carbocycles. The number of rotatable bonds is 9. The number of benzene rings is 3. The normalized spacial score (nSPS) is 11.4. The molecule has 0 saturated heterocycles. The molecule has 0 heterocycles. The van der Waals surface area contributed by atoms with Crippen LogP contribution in [0.3, 0.4) is 0 Å². The van der Waals surface area contributed by atoms with Crippen LogP contribution in [-0.4, -0.2) is 33.7 Å². The smallest absolute Gasteiger partial charge is 0.264 e. The van der Waals surface area contributed by atoms with E-state index in [1.807, 2.05) is 13.8 Å². The lowest BCUT2D eigenvalue weighted by Crippen LogP contribution is -2.39. The Labute approximate surface area is 192 Å². The predicted octanol–water partition coefficient (Wildman–Crippen LogP) is 3.88. The van der Waals surface area contributed by atoms with Gasteiger partial charge in [0, 0.05) is 0 Å². The molecule has 0 radical (unpaired) electrons. The van der Waals surface area contributed by atoms with E-state index in [1.54, 1.807) is 36.4 Å². The second-order valence-electron chi connectivity index (χ2n) is 7.10. The van der Waals surface area contributed by atoms with E-state index in [1.165, 1.54) is 42.6 Å². The van der Waals surface area contributed by atoms with E-state index in [2.05, 4.69) is 10.5 Å². The summed E-state index contributed by atoms with van der Waals surface area (Å²) in [5, 5.41) is 3.83. The summed E-state index contributed by atoms with van der Waals surface area (Å²) in [5.41, 5.74) is 4.11. The fourth-order valence-electron chi connectivity index (χ4n) is 2.92. The van der Waals surface area contributed by atoms with Crippen LogP contribution in [0.4, 0.5) is 10.1 Å². The zero-order chi connectivity index (χ0) is 23.8. The topological polar surface area (TPSA) is 88.1 Å². The zero-order valence-corrected chi connectivity index (χ0v) is 19.0. The molecule has 1 amide bonds. The molecule has 3 aromatic carbocycles. The van der Waals surface area contributed by atoms with Gasteiger partial charge < -0.3 is 4.74 Å². The van der Waals surface area contributed by atoms with Crippen molar-refractivity contribution in [2.45, 2.75) is 18.7 Å². The molecule has 0 bridgehead atoms. The molecule has 9 heteroatoms. The number of ether oxygens (including phenoxy) is 1. The number of nitrogens with one attached hydrogen (secondary N) is 1. The molecule has 0 spiro atoms. The Morgan fingerprint density at radius 1 is 1.03 bits per heavy atom. The van der Waals surface area contributed by atoms with Gasteiger partial charge in [-0.15, -0.1) is 0 Å². The quantitative estimate of drug-likeness (QED) is 0.381. The lowest BCUT2D eigenvalue weighted by atomic mass is 10.2. The first-order valence-corrected chi connectivity index (χ1v) is 11.6.